The molecule has 0 heterocycles. The summed E-state index contributed by atoms with van der Waals surface area (Å²) in [7, 11) is 0. The summed E-state index contributed by atoms with van der Waals surface area (Å²) in [6, 6.07) is 2.46. The molecule has 0 aromatic carbocycles. The predicted molar refractivity (Wildman–Crippen MR) is 74.2 cm³/mol. The van der Waals surface area contributed by atoms with Crippen molar-refractivity contribution in [2.24, 2.45) is 0 Å². The average Bonchev–Trinajstić information content (AvgIpc) is 2.35. The molecule has 0 spiro atoms. The predicted octanol–water partition coefficient (Wildman–Crippen LogP) is -3.31. The van der Waals surface area contributed by atoms with Gasteiger partial charge in [-0.25, -0.2) is 5.32 Å². The van der Waals surface area contributed by atoms with E-state index in [4.69, 9.17) is 6.42 Å². The van der Waals surface area contributed by atoms with E-state index < -0.39 is 0 Å². The Balaban J connectivity index is 3.70. The van der Waals surface area contributed by atoms with Gasteiger partial charge in [0.1, 0.15) is 0 Å². The number of quaternary nitrogens is 2. The van der Waals surface area contributed by atoms with E-state index in [-0.39, 0.29) is 12.6 Å². The SMILES string of the molecule is C#CNC(NCCNC(NCC)[NH2+]CC)[NH2+]CC. The second-order valence-corrected chi connectivity index (χ2v) is 4.00. The first-order chi connectivity index (χ1) is 8.78. The van der Waals surface area contributed by atoms with Crippen molar-refractivity contribution >= 4 is 0 Å². The van der Waals surface area contributed by atoms with E-state index in [0.29, 0.717) is 0 Å². The summed E-state index contributed by atoms with van der Waals surface area (Å²) in [6.45, 7) is 11.1. The molecular formula is C12H30N6+2. The van der Waals surface area contributed by atoms with Gasteiger partial charge in [0.15, 0.2) is 6.29 Å². The normalized spacial score (nSPS) is 13.9. The maximum absolute atomic E-state index is 5.24. The van der Waals surface area contributed by atoms with Crippen LogP contribution >= 0.6 is 0 Å². The number of nitrogens with one attached hydrogen (secondary N) is 4. The van der Waals surface area contributed by atoms with Gasteiger partial charge < -0.3 is 10.6 Å². The van der Waals surface area contributed by atoms with Crippen molar-refractivity contribution in [1.82, 2.24) is 21.3 Å². The lowest BCUT2D eigenvalue weighted by molar-refractivity contribution is -0.698. The van der Waals surface area contributed by atoms with E-state index in [2.05, 4.69) is 58.7 Å². The van der Waals surface area contributed by atoms with Gasteiger partial charge in [-0.15, -0.1) is 0 Å². The molecule has 0 saturated heterocycles. The Kier molecular flexibility index (Phi) is 12.0. The zero-order valence-electron chi connectivity index (χ0n) is 11.9. The molecule has 0 fully saturated rings. The summed E-state index contributed by atoms with van der Waals surface area (Å²) in [5.74, 6) is 0. The minimum Gasteiger partial charge on any atom is -0.319 e. The number of terminal acetylenes is 1. The first kappa shape index (κ1) is 17.2. The molecule has 6 heteroatoms. The van der Waals surface area contributed by atoms with Crippen LogP contribution in [-0.2, 0) is 0 Å². The highest BCUT2D eigenvalue weighted by Gasteiger charge is 2.09. The summed E-state index contributed by atoms with van der Waals surface area (Å²) < 4.78 is 0. The number of rotatable bonds is 12. The summed E-state index contributed by atoms with van der Waals surface area (Å²) in [5.41, 5.74) is 0. The van der Waals surface area contributed by atoms with E-state index in [9.17, 15) is 0 Å². The van der Waals surface area contributed by atoms with Gasteiger partial charge in [-0.05, 0) is 20.4 Å². The highest BCUT2D eigenvalue weighted by molar-refractivity contribution is 4.80. The standard InChI is InChI=1S/C12H28N6/c1-5-13-11(14-6-2)17-9-10-18-12(15-7-3)16-8-4/h1,11-18H,6-10H2,2-4H3/p+2. The van der Waals surface area contributed by atoms with Gasteiger partial charge in [-0.1, -0.05) is 13.3 Å². The van der Waals surface area contributed by atoms with Crippen LogP contribution in [0.1, 0.15) is 20.8 Å². The first-order valence-corrected chi connectivity index (χ1v) is 6.86. The lowest BCUT2D eigenvalue weighted by Crippen LogP contribution is -2.97. The van der Waals surface area contributed by atoms with E-state index in [1.807, 2.05) is 0 Å². The molecule has 8 N–H and O–H groups in total. The third kappa shape index (κ3) is 9.22. The van der Waals surface area contributed by atoms with E-state index >= 15 is 0 Å². The van der Waals surface area contributed by atoms with Crippen molar-refractivity contribution < 1.29 is 10.6 Å². The van der Waals surface area contributed by atoms with Crippen LogP contribution < -0.4 is 31.9 Å². The van der Waals surface area contributed by atoms with Crippen LogP contribution in [0.5, 0.6) is 0 Å². The number of nitrogens with two attached hydrogens (primary N) is 2. The minimum absolute atomic E-state index is 0.0922. The Morgan fingerprint density at radius 3 is 2.00 bits per heavy atom. The Morgan fingerprint density at radius 2 is 1.50 bits per heavy atom. The molecule has 0 radical (unpaired) electrons. The Bertz CT molecular complexity index is 209. The quantitative estimate of drug-likeness (QED) is 0.0959. The minimum atomic E-state index is 0.0922. The smallest absolute Gasteiger partial charge is 0.224 e. The van der Waals surface area contributed by atoms with Gasteiger partial charge in [0.05, 0.1) is 13.1 Å². The fourth-order valence-corrected chi connectivity index (χ4v) is 1.67. The van der Waals surface area contributed by atoms with E-state index in [1.165, 1.54) is 0 Å². The summed E-state index contributed by atoms with van der Waals surface area (Å²) >= 11 is 0. The molecule has 0 saturated carbocycles. The largest absolute Gasteiger partial charge is 0.319 e. The van der Waals surface area contributed by atoms with Crippen LogP contribution in [0.15, 0.2) is 0 Å². The van der Waals surface area contributed by atoms with Crippen molar-refractivity contribution in [2.45, 2.75) is 33.4 Å². The molecule has 2 atom stereocenters. The van der Waals surface area contributed by atoms with E-state index in [0.717, 1.165) is 32.7 Å². The molecular weight excluding hydrogens is 228 g/mol. The monoisotopic (exact) mass is 258 g/mol. The second kappa shape index (κ2) is 12.6. The Hall–Kier alpha value is -0.840. The molecule has 0 aromatic rings. The zero-order valence-corrected chi connectivity index (χ0v) is 11.9. The van der Waals surface area contributed by atoms with Crippen molar-refractivity contribution in [1.29, 1.82) is 0 Å². The molecule has 0 bridgehead atoms. The van der Waals surface area contributed by atoms with Gasteiger partial charge in [0, 0.05) is 19.1 Å². The Labute approximate surface area is 111 Å². The number of hydrogen-bond acceptors (Lipinski definition) is 4. The zero-order chi connectivity index (χ0) is 13.6. The molecule has 18 heavy (non-hydrogen) atoms. The van der Waals surface area contributed by atoms with Crippen LogP contribution in [0.4, 0.5) is 0 Å². The van der Waals surface area contributed by atoms with Gasteiger partial charge in [0.2, 0.25) is 6.29 Å². The molecule has 0 aromatic heterocycles. The third-order valence-corrected chi connectivity index (χ3v) is 2.46. The van der Waals surface area contributed by atoms with Gasteiger partial charge in [-0.3, -0.25) is 16.0 Å². The van der Waals surface area contributed by atoms with Crippen LogP contribution in [0.2, 0.25) is 0 Å². The first-order valence-electron chi connectivity index (χ1n) is 6.86. The van der Waals surface area contributed by atoms with Crippen molar-refractivity contribution in [2.75, 3.05) is 32.7 Å². The van der Waals surface area contributed by atoms with Crippen LogP contribution in [0, 0.1) is 12.5 Å². The lowest BCUT2D eigenvalue weighted by Gasteiger charge is -2.18. The number of hydrogen-bond donors (Lipinski definition) is 6. The van der Waals surface area contributed by atoms with Crippen LogP contribution in [0.3, 0.4) is 0 Å². The fourth-order valence-electron chi connectivity index (χ4n) is 1.67. The van der Waals surface area contributed by atoms with Crippen molar-refractivity contribution in [3.05, 3.63) is 0 Å². The maximum Gasteiger partial charge on any atom is 0.224 e. The summed E-state index contributed by atoms with van der Waals surface area (Å²) in [6.07, 6.45) is 5.62. The van der Waals surface area contributed by atoms with Crippen LogP contribution in [0.25, 0.3) is 0 Å². The molecule has 106 valence electrons. The summed E-state index contributed by atoms with van der Waals surface area (Å²) in [4.78, 5) is 0. The van der Waals surface area contributed by atoms with Crippen molar-refractivity contribution in [3.63, 3.8) is 0 Å². The Morgan fingerprint density at radius 1 is 0.944 bits per heavy atom. The highest BCUT2D eigenvalue weighted by Crippen LogP contribution is 1.66. The van der Waals surface area contributed by atoms with Gasteiger partial charge >= 0.3 is 0 Å². The second-order valence-electron chi connectivity index (χ2n) is 4.00. The molecule has 2 unspecified atom stereocenters. The molecule has 0 aliphatic rings. The average molecular weight is 258 g/mol. The van der Waals surface area contributed by atoms with Gasteiger partial charge in [0.25, 0.3) is 0 Å². The van der Waals surface area contributed by atoms with Gasteiger partial charge in [-0.2, -0.15) is 0 Å². The van der Waals surface area contributed by atoms with Crippen molar-refractivity contribution in [3.8, 4) is 12.5 Å². The molecule has 6 nitrogen and oxygen atoms in total. The highest BCUT2D eigenvalue weighted by atomic mass is 15.3. The third-order valence-electron chi connectivity index (χ3n) is 2.46. The lowest BCUT2D eigenvalue weighted by atomic mass is 10.5. The summed E-state index contributed by atoms with van der Waals surface area (Å²) in [5, 5.41) is 17.4. The topological polar surface area (TPSA) is 81.3 Å². The van der Waals surface area contributed by atoms with E-state index in [1.54, 1.807) is 0 Å². The van der Waals surface area contributed by atoms with Crippen LogP contribution in [-0.4, -0.2) is 45.3 Å². The molecule has 0 rings (SSSR count). The fraction of sp³-hybridized carbons (Fsp3) is 0.833. The molecule has 0 aliphatic heterocycles. The maximum atomic E-state index is 5.24. The molecule has 0 amide bonds. The molecule has 0 aliphatic carbocycles.